The summed E-state index contributed by atoms with van der Waals surface area (Å²) in [4.78, 5) is 11.6. The van der Waals surface area contributed by atoms with Gasteiger partial charge < -0.3 is 9.47 Å². The molecule has 0 atom stereocenters. The predicted molar refractivity (Wildman–Crippen MR) is 73.2 cm³/mol. The molecular weight excluding hydrogens is 273 g/mol. The van der Waals surface area contributed by atoms with Gasteiger partial charge >= 0.3 is 5.97 Å². The number of nitriles is 1. The van der Waals surface area contributed by atoms with Gasteiger partial charge in [-0.25, -0.2) is 9.18 Å². The Labute approximate surface area is 121 Å². The molecule has 4 nitrogen and oxygen atoms in total. The van der Waals surface area contributed by atoms with E-state index in [1.54, 1.807) is 24.3 Å². The van der Waals surface area contributed by atoms with Crippen LogP contribution in [0, 0.1) is 17.1 Å². The van der Waals surface area contributed by atoms with Gasteiger partial charge in [0.05, 0.1) is 18.7 Å². The molecule has 0 aliphatic rings. The van der Waals surface area contributed by atoms with Crippen LogP contribution in [-0.4, -0.2) is 13.1 Å². The Balaban J connectivity index is 2.21. The maximum Gasteiger partial charge on any atom is 0.341 e. The van der Waals surface area contributed by atoms with Crippen molar-refractivity contribution in [1.29, 1.82) is 5.26 Å². The lowest BCUT2D eigenvalue weighted by Crippen LogP contribution is -2.06. The smallest absolute Gasteiger partial charge is 0.341 e. The largest absolute Gasteiger partial charge is 0.488 e. The molecule has 5 heteroatoms. The standard InChI is InChI=1S/C16H12FNO3/c1-20-16(19)13-4-2-3-5-15(13)21-10-12-8-11(9-18)6-7-14(12)17/h2-8H,10H2,1H3. The van der Waals surface area contributed by atoms with Gasteiger partial charge in [0, 0.05) is 5.56 Å². The SMILES string of the molecule is COC(=O)c1ccccc1OCc1cc(C#N)ccc1F. The van der Waals surface area contributed by atoms with Crippen molar-refractivity contribution in [3.05, 3.63) is 65.0 Å². The van der Waals surface area contributed by atoms with E-state index >= 15 is 0 Å². The third-order valence-electron chi connectivity index (χ3n) is 2.85. The van der Waals surface area contributed by atoms with E-state index in [9.17, 15) is 9.18 Å². The van der Waals surface area contributed by atoms with Crippen LogP contribution >= 0.6 is 0 Å². The molecule has 2 aromatic rings. The Morgan fingerprint density at radius 3 is 2.76 bits per heavy atom. The average Bonchev–Trinajstić information content (AvgIpc) is 2.53. The number of halogens is 1. The number of methoxy groups -OCH3 is 1. The Morgan fingerprint density at radius 2 is 2.05 bits per heavy atom. The molecular formula is C16H12FNO3. The first kappa shape index (κ1) is 14.5. The number of esters is 1. The molecule has 0 bridgehead atoms. The highest BCUT2D eigenvalue weighted by Gasteiger charge is 2.13. The van der Waals surface area contributed by atoms with Gasteiger partial charge in [0.15, 0.2) is 0 Å². The summed E-state index contributed by atoms with van der Waals surface area (Å²) >= 11 is 0. The summed E-state index contributed by atoms with van der Waals surface area (Å²) in [7, 11) is 1.27. The van der Waals surface area contributed by atoms with Crippen LogP contribution in [0.1, 0.15) is 21.5 Å². The number of ether oxygens (including phenoxy) is 2. The molecule has 0 unspecified atom stereocenters. The second-order valence-corrected chi connectivity index (χ2v) is 4.19. The van der Waals surface area contributed by atoms with Crippen LogP contribution in [0.5, 0.6) is 5.75 Å². The van der Waals surface area contributed by atoms with Crippen molar-refractivity contribution >= 4 is 5.97 Å². The summed E-state index contributed by atoms with van der Waals surface area (Å²) < 4.78 is 23.8. The number of carbonyl (C=O) groups excluding carboxylic acids is 1. The molecule has 106 valence electrons. The predicted octanol–water partition coefficient (Wildman–Crippen LogP) is 3.06. The van der Waals surface area contributed by atoms with Crippen molar-refractivity contribution in [3.8, 4) is 11.8 Å². The summed E-state index contributed by atoms with van der Waals surface area (Å²) in [5.74, 6) is -0.701. The number of carbonyl (C=O) groups is 1. The van der Waals surface area contributed by atoms with E-state index in [0.29, 0.717) is 11.3 Å². The quantitative estimate of drug-likeness (QED) is 0.810. The van der Waals surface area contributed by atoms with E-state index in [0.717, 1.165) is 0 Å². The normalized spacial score (nSPS) is 9.76. The van der Waals surface area contributed by atoms with E-state index < -0.39 is 11.8 Å². The van der Waals surface area contributed by atoms with Crippen molar-refractivity contribution in [2.75, 3.05) is 7.11 Å². The summed E-state index contributed by atoms with van der Waals surface area (Å²) in [5, 5.41) is 8.81. The molecule has 2 aromatic carbocycles. The average molecular weight is 285 g/mol. The lowest BCUT2D eigenvalue weighted by atomic mass is 10.1. The molecule has 0 saturated carbocycles. The molecule has 0 radical (unpaired) electrons. The lowest BCUT2D eigenvalue weighted by Gasteiger charge is -2.10. The van der Waals surface area contributed by atoms with E-state index in [2.05, 4.69) is 4.74 Å². The fourth-order valence-electron chi connectivity index (χ4n) is 1.78. The van der Waals surface area contributed by atoms with Crippen LogP contribution in [0.15, 0.2) is 42.5 Å². The lowest BCUT2D eigenvalue weighted by molar-refractivity contribution is 0.0595. The fourth-order valence-corrected chi connectivity index (χ4v) is 1.78. The maximum atomic E-state index is 13.7. The third kappa shape index (κ3) is 3.37. The van der Waals surface area contributed by atoms with Crippen molar-refractivity contribution in [2.24, 2.45) is 0 Å². The number of rotatable bonds is 4. The minimum Gasteiger partial charge on any atom is -0.488 e. The molecule has 0 heterocycles. The first-order chi connectivity index (χ1) is 10.2. The number of nitrogens with zero attached hydrogens (tertiary/aromatic N) is 1. The minimum absolute atomic E-state index is 0.0879. The number of benzene rings is 2. The summed E-state index contributed by atoms with van der Waals surface area (Å²) in [6, 6.07) is 12.5. The van der Waals surface area contributed by atoms with Gasteiger partial charge in [0.2, 0.25) is 0 Å². The second kappa shape index (κ2) is 6.53. The highest BCUT2D eigenvalue weighted by molar-refractivity contribution is 5.92. The highest BCUT2D eigenvalue weighted by Crippen LogP contribution is 2.21. The number of hydrogen-bond donors (Lipinski definition) is 0. The van der Waals surface area contributed by atoms with Gasteiger partial charge in [-0.15, -0.1) is 0 Å². The molecule has 0 aromatic heterocycles. The minimum atomic E-state index is -0.531. The topological polar surface area (TPSA) is 59.3 Å². The van der Waals surface area contributed by atoms with Gasteiger partial charge in [0.1, 0.15) is 23.7 Å². The van der Waals surface area contributed by atoms with Crippen molar-refractivity contribution in [1.82, 2.24) is 0 Å². The first-order valence-electron chi connectivity index (χ1n) is 6.14. The van der Waals surface area contributed by atoms with Crippen LogP contribution < -0.4 is 4.74 Å². The molecule has 0 aliphatic carbocycles. The van der Waals surface area contributed by atoms with Gasteiger partial charge in [-0.2, -0.15) is 5.26 Å². The van der Waals surface area contributed by atoms with Crippen LogP contribution in [0.2, 0.25) is 0 Å². The highest BCUT2D eigenvalue weighted by atomic mass is 19.1. The molecule has 21 heavy (non-hydrogen) atoms. The van der Waals surface area contributed by atoms with E-state index in [4.69, 9.17) is 10.00 Å². The van der Waals surface area contributed by atoms with Crippen molar-refractivity contribution in [2.45, 2.75) is 6.61 Å². The maximum absolute atomic E-state index is 13.7. The molecule has 0 amide bonds. The first-order valence-corrected chi connectivity index (χ1v) is 6.14. The van der Waals surface area contributed by atoms with Gasteiger partial charge in [0.25, 0.3) is 0 Å². The van der Waals surface area contributed by atoms with E-state index in [1.807, 2.05) is 6.07 Å². The third-order valence-corrected chi connectivity index (χ3v) is 2.85. The van der Waals surface area contributed by atoms with Gasteiger partial charge in [-0.1, -0.05) is 12.1 Å². The van der Waals surface area contributed by atoms with Crippen molar-refractivity contribution in [3.63, 3.8) is 0 Å². The van der Waals surface area contributed by atoms with Gasteiger partial charge in [-0.3, -0.25) is 0 Å². The Kier molecular flexibility index (Phi) is 4.52. The monoisotopic (exact) mass is 285 g/mol. The molecule has 0 spiro atoms. The van der Waals surface area contributed by atoms with Crippen LogP contribution in [0.25, 0.3) is 0 Å². The van der Waals surface area contributed by atoms with Crippen LogP contribution in [0.4, 0.5) is 4.39 Å². The molecule has 0 saturated heterocycles. The molecule has 0 N–H and O–H groups in total. The van der Waals surface area contributed by atoms with E-state index in [1.165, 1.54) is 25.3 Å². The molecule has 2 rings (SSSR count). The number of hydrogen-bond acceptors (Lipinski definition) is 4. The summed E-state index contributed by atoms with van der Waals surface area (Å²) in [6.07, 6.45) is 0. The van der Waals surface area contributed by atoms with Crippen LogP contribution in [0.3, 0.4) is 0 Å². The number of para-hydroxylation sites is 1. The Bertz CT molecular complexity index is 707. The zero-order chi connectivity index (χ0) is 15.2. The van der Waals surface area contributed by atoms with Crippen LogP contribution in [-0.2, 0) is 11.3 Å². The summed E-state index contributed by atoms with van der Waals surface area (Å²) in [6.45, 7) is -0.0879. The second-order valence-electron chi connectivity index (χ2n) is 4.19. The zero-order valence-corrected chi connectivity index (χ0v) is 11.3. The zero-order valence-electron chi connectivity index (χ0n) is 11.3. The fraction of sp³-hybridized carbons (Fsp3) is 0.125. The molecule has 0 fully saturated rings. The Morgan fingerprint density at radius 1 is 1.29 bits per heavy atom. The van der Waals surface area contributed by atoms with Gasteiger partial charge in [-0.05, 0) is 30.3 Å². The van der Waals surface area contributed by atoms with E-state index in [-0.39, 0.29) is 17.7 Å². The summed E-state index contributed by atoms with van der Waals surface area (Å²) in [5.41, 5.74) is 0.849. The Hall–Kier alpha value is -2.87. The molecule has 0 aliphatic heterocycles. The van der Waals surface area contributed by atoms with Crippen molar-refractivity contribution < 1.29 is 18.7 Å².